The second-order valence-electron chi connectivity index (χ2n) is 6.83. The molecule has 7 heteroatoms. The molecule has 4 rings (SSSR count). The Morgan fingerprint density at radius 1 is 1.18 bits per heavy atom. The summed E-state index contributed by atoms with van der Waals surface area (Å²) in [6, 6.07) is 13.5. The molecule has 3 aromatic rings. The largest absolute Gasteiger partial charge is 0.478 e. The molecule has 0 amide bonds. The lowest BCUT2D eigenvalue weighted by atomic mass is 9.92. The molecule has 0 unspecified atom stereocenters. The van der Waals surface area contributed by atoms with E-state index in [0.717, 1.165) is 11.1 Å². The van der Waals surface area contributed by atoms with Crippen LogP contribution in [0.1, 0.15) is 27.2 Å². The fourth-order valence-corrected chi connectivity index (χ4v) is 3.61. The number of likely N-dealkylation sites (N-methyl/N-ethyl adjacent to an activating group) is 1. The Kier molecular flexibility index (Phi) is 4.37. The first-order valence-corrected chi connectivity index (χ1v) is 8.73. The average molecular weight is 375 g/mol. The third-order valence-corrected chi connectivity index (χ3v) is 4.82. The molecule has 1 aliphatic heterocycles. The Hall–Kier alpha value is -3.58. The number of benzene rings is 2. The van der Waals surface area contributed by atoms with Gasteiger partial charge in [0.25, 0.3) is 5.69 Å². The highest BCUT2D eigenvalue weighted by molar-refractivity contribution is 6.06. The number of carboxylic acid groups (broad SMARTS) is 1. The van der Waals surface area contributed by atoms with E-state index in [0.29, 0.717) is 35.2 Å². The van der Waals surface area contributed by atoms with Gasteiger partial charge in [0, 0.05) is 36.2 Å². The standard InChI is InChI=1S/C21H17N3O4/c1-23-11-14(10-13-6-8-15(9-7-13)24(27)28)20-17(12-23)19(21(25)26)16-4-2-3-5-18(16)22-20/h2-10H,11-12H2,1H3,(H,25,26)/b14-10+. The first kappa shape index (κ1) is 17.8. The van der Waals surface area contributed by atoms with Crippen LogP contribution in [-0.2, 0) is 6.54 Å². The van der Waals surface area contributed by atoms with Crippen molar-refractivity contribution in [2.45, 2.75) is 6.54 Å². The van der Waals surface area contributed by atoms with Gasteiger partial charge in [-0.2, -0.15) is 0 Å². The van der Waals surface area contributed by atoms with Gasteiger partial charge in [-0.05, 0) is 42.5 Å². The zero-order valence-electron chi connectivity index (χ0n) is 15.1. The molecule has 0 aliphatic carbocycles. The van der Waals surface area contributed by atoms with E-state index >= 15 is 0 Å². The summed E-state index contributed by atoms with van der Waals surface area (Å²) in [5, 5.41) is 21.3. The van der Waals surface area contributed by atoms with Crippen molar-refractivity contribution < 1.29 is 14.8 Å². The van der Waals surface area contributed by atoms with E-state index in [4.69, 9.17) is 4.98 Å². The number of non-ortho nitro benzene ring substituents is 1. The molecule has 0 atom stereocenters. The highest BCUT2D eigenvalue weighted by Crippen LogP contribution is 2.33. The van der Waals surface area contributed by atoms with Gasteiger partial charge in [-0.3, -0.25) is 15.0 Å². The Balaban J connectivity index is 1.91. The number of hydrogen-bond acceptors (Lipinski definition) is 5. The first-order valence-electron chi connectivity index (χ1n) is 8.73. The normalized spacial score (nSPS) is 15.5. The van der Waals surface area contributed by atoms with Crippen molar-refractivity contribution in [1.82, 2.24) is 9.88 Å². The van der Waals surface area contributed by atoms with E-state index in [-0.39, 0.29) is 11.3 Å². The predicted molar refractivity (Wildman–Crippen MR) is 106 cm³/mol. The van der Waals surface area contributed by atoms with E-state index in [1.165, 1.54) is 12.1 Å². The number of para-hydroxylation sites is 1. The van der Waals surface area contributed by atoms with Crippen LogP contribution < -0.4 is 0 Å². The van der Waals surface area contributed by atoms with Crippen LogP contribution in [0.4, 0.5) is 5.69 Å². The fraction of sp³-hybridized carbons (Fsp3) is 0.143. The first-order chi connectivity index (χ1) is 13.4. The quantitative estimate of drug-likeness (QED) is 0.552. The van der Waals surface area contributed by atoms with E-state index in [2.05, 4.69) is 0 Å². The lowest BCUT2D eigenvalue weighted by molar-refractivity contribution is -0.384. The molecule has 1 N–H and O–H groups in total. The Labute approximate surface area is 160 Å². The zero-order valence-corrected chi connectivity index (χ0v) is 15.1. The van der Waals surface area contributed by atoms with Gasteiger partial charge in [0.1, 0.15) is 0 Å². The van der Waals surface area contributed by atoms with Crippen molar-refractivity contribution in [2.75, 3.05) is 13.6 Å². The number of pyridine rings is 1. The molecule has 2 heterocycles. The third-order valence-electron chi connectivity index (χ3n) is 4.82. The monoisotopic (exact) mass is 375 g/mol. The molecular formula is C21H17N3O4. The molecule has 0 saturated heterocycles. The summed E-state index contributed by atoms with van der Waals surface area (Å²) in [6.07, 6.45) is 1.91. The van der Waals surface area contributed by atoms with Crippen LogP contribution in [0, 0.1) is 10.1 Å². The maximum atomic E-state index is 12.0. The summed E-state index contributed by atoms with van der Waals surface area (Å²) in [7, 11) is 1.92. The third kappa shape index (κ3) is 3.12. The van der Waals surface area contributed by atoms with Crippen molar-refractivity contribution >= 4 is 34.2 Å². The summed E-state index contributed by atoms with van der Waals surface area (Å²) in [5.41, 5.74) is 3.99. The molecule has 140 valence electrons. The topological polar surface area (TPSA) is 96.6 Å². The van der Waals surface area contributed by atoms with Gasteiger partial charge in [0.15, 0.2) is 0 Å². The fourth-order valence-electron chi connectivity index (χ4n) is 3.61. The molecule has 1 aliphatic rings. The molecule has 1 aromatic heterocycles. The van der Waals surface area contributed by atoms with Crippen LogP contribution in [0.5, 0.6) is 0 Å². The second-order valence-corrected chi connectivity index (χ2v) is 6.83. The predicted octanol–water partition coefficient (Wildman–Crippen LogP) is 3.83. The number of carboxylic acids is 1. The van der Waals surface area contributed by atoms with E-state index in [9.17, 15) is 20.0 Å². The van der Waals surface area contributed by atoms with Crippen LogP contribution in [0.15, 0.2) is 48.5 Å². The summed E-state index contributed by atoms with van der Waals surface area (Å²) in [6.45, 7) is 1.10. The summed E-state index contributed by atoms with van der Waals surface area (Å²) >= 11 is 0. The number of nitro benzene ring substituents is 1. The van der Waals surface area contributed by atoms with E-state index in [1.807, 2.05) is 36.2 Å². The highest BCUT2D eigenvalue weighted by atomic mass is 16.6. The van der Waals surface area contributed by atoms with Crippen LogP contribution in [0.3, 0.4) is 0 Å². The minimum Gasteiger partial charge on any atom is -0.478 e. The van der Waals surface area contributed by atoms with Gasteiger partial charge in [0.2, 0.25) is 0 Å². The minimum atomic E-state index is -0.972. The van der Waals surface area contributed by atoms with Gasteiger partial charge in [-0.25, -0.2) is 9.78 Å². The minimum absolute atomic E-state index is 0.0283. The van der Waals surface area contributed by atoms with Gasteiger partial charge < -0.3 is 5.11 Å². The van der Waals surface area contributed by atoms with Crippen LogP contribution in [0.25, 0.3) is 22.6 Å². The number of aromatic nitrogens is 1. The number of fused-ring (bicyclic) bond motifs is 2. The maximum Gasteiger partial charge on any atom is 0.336 e. The lowest BCUT2D eigenvalue weighted by Crippen LogP contribution is -2.28. The summed E-state index contributed by atoms with van der Waals surface area (Å²) in [5.74, 6) is -0.972. The zero-order chi connectivity index (χ0) is 19.8. The molecule has 0 radical (unpaired) electrons. The SMILES string of the molecule is CN1C/C(=C\c2ccc([N+](=O)[O-])cc2)c2nc3ccccc3c(C(=O)O)c2C1. The van der Waals surface area contributed by atoms with Crippen molar-refractivity contribution in [3.63, 3.8) is 0 Å². The van der Waals surface area contributed by atoms with Crippen molar-refractivity contribution in [3.8, 4) is 0 Å². The van der Waals surface area contributed by atoms with Crippen molar-refractivity contribution in [2.24, 2.45) is 0 Å². The van der Waals surface area contributed by atoms with Crippen molar-refractivity contribution in [1.29, 1.82) is 0 Å². The van der Waals surface area contributed by atoms with Gasteiger partial charge in [-0.15, -0.1) is 0 Å². The molecule has 0 saturated carbocycles. The number of carbonyl (C=O) groups is 1. The van der Waals surface area contributed by atoms with Gasteiger partial charge in [-0.1, -0.05) is 18.2 Å². The number of nitrogens with zero attached hydrogens (tertiary/aromatic N) is 3. The number of hydrogen-bond donors (Lipinski definition) is 1. The van der Waals surface area contributed by atoms with E-state index < -0.39 is 10.9 Å². The lowest BCUT2D eigenvalue weighted by Gasteiger charge is -2.28. The second kappa shape index (κ2) is 6.86. The van der Waals surface area contributed by atoms with Gasteiger partial charge in [0.05, 0.1) is 21.7 Å². The Morgan fingerprint density at radius 3 is 2.57 bits per heavy atom. The summed E-state index contributed by atoms with van der Waals surface area (Å²) in [4.78, 5) is 29.2. The van der Waals surface area contributed by atoms with Crippen LogP contribution >= 0.6 is 0 Å². The summed E-state index contributed by atoms with van der Waals surface area (Å²) < 4.78 is 0. The molecule has 28 heavy (non-hydrogen) atoms. The van der Waals surface area contributed by atoms with E-state index in [1.54, 1.807) is 18.2 Å². The highest BCUT2D eigenvalue weighted by Gasteiger charge is 2.27. The number of nitro groups is 1. The maximum absolute atomic E-state index is 12.0. The molecule has 7 nitrogen and oxygen atoms in total. The Morgan fingerprint density at radius 2 is 1.89 bits per heavy atom. The van der Waals surface area contributed by atoms with Crippen LogP contribution in [-0.4, -0.2) is 39.5 Å². The number of rotatable bonds is 3. The molecule has 0 fully saturated rings. The van der Waals surface area contributed by atoms with Gasteiger partial charge >= 0.3 is 5.97 Å². The molecular weight excluding hydrogens is 358 g/mol. The molecule has 2 aromatic carbocycles. The Bertz CT molecular complexity index is 1140. The van der Waals surface area contributed by atoms with Crippen molar-refractivity contribution in [3.05, 3.63) is 81.0 Å². The number of aromatic carboxylic acids is 1. The average Bonchev–Trinajstić information content (AvgIpc) is 2.66. The molecule has 0 bridgehead atoms. The van der Waals surface area contributed by atoms with Crippen LogP contribution in [0.2, 0.25) is 0 Å². The smallest absolute Gasteiger partial charge is 0.336 e. The molecule has 0 spiro atoms.